The highest BCUT2D eigenvalue weighted by Gasteiger charge is 2.25. The van der Waals surface area contributed by atoms with Gasteiger partial charge in [0.05, 0.1) is 11.5 Å². The molecule has 0 amide bonds. The molecule has 0 aliphatic rings. The summed E-state index contributed by atoms with van der Waals surface area (Å²) in [6.45, 7) is 4.20. The SMILES string of the molecule is CCC(C#N)(CC)Cc1ccc(N(C)C)cc1. The van der Waals surface area contributed by atoms with Crippen LogP contribution in [-0.2, 0) is 6.42 Å². The Labute approximate surface area is 105 Å². The maximum absolute atomic E-state index is 9.32. The van der Waals surface area contributed by atoms with Crippen molar-refractivity contribution >= 4 is 5.69 Å². The predicted octanol–water partition coefficient (Wildman–Crippen LogP) is 3.63. The molecule has 2 heteroatoms. The fraction of sp³-hybridized carbons (Fsp3) is 0.533. The molecule has 0 N–H and O–H groups in total. The van der Waals surface area contributed by atoms with Crippen molar-refractivity contribution in [2.75, 3.05) is 19.0 Å². The van der Waals surface area contributed by atoms with E-state index in [1.54, 1.807) is 0 Å². The molecule has 0 bridgehead atoms. The highest BCUT2D eigenvalue weighted by Crippen LogP contribution is 2.30. The summed E-state index contributed by atoms with van der Waals surface area (Å²) in [6, 6.07) is 11.0. The van der Waals surface area contributed by atoms with Crippen LogP contribution >= 0.6 is 0 Å². The van der Waals surface area contributed by atoms with Crippen molar-refractivity contribution in [1.29, 1.82) is 5.26 Å². The lowest BCUT2D eigenvalue weighted by Gasteiger charge is -2.23. The van der Waals surface area contributed by atoms with Crippen molar-refractivity contribution in [3.63, 3.8) is 0 Å². The summed E-state index contributed by atoms with van der Waals surface area (Å²) in [6.07, 6.45) is 2.68. The number of nitrogens with zero attached hydrogens (tertiary/aromatic N) is 2. The van der Waals surface area contributed by atoms with Gasteiger partial charge in [-0.15, -0.1) is 0 Å². The van der Waals surface area contributed by atoms with E-state index in [0.29, 0.717) is 0 Å². The summed E-state index contributed by atoms with van der Waals surface area (Å²) in [5.74, 6) is 0. The zero-order chi connectivity index (χ0) is 12.9. The fourth-order valence-electron chi connectivity index (χ4n) is 2.00. The molecule has 17 heavy (non-hydrogen) atoms. The van der Waals surface area contributed by atoms with Crippen LogP contribution in [0, 0.1) is 16.7 Å². The predicted molar refractivity (Wildman–Crippen MR) is 73.1 cm³/mol. The lowest BCUT2D eigenvalue weighted by molar-refractivity contribution is 0.363. The first kappa shape index (κ1) is 13.6. The summed E-state index contributed by atoms with van der Waals surface area (Å²) >= 11 is 0. The summed E-state index contributed by atoms with van der Waals surface area (Å²) in [7, 11) is 4.07. The van der Waals surface area contributed by atoms with Crippen molar-refractivity contribution in [3.8, 4) is 6.07 Å². The second-order valence-electron chi connectivity index (χ2n) is 4.84. The van der Waals surface area contributed by atoms with Crippen LogP contribution < -0.4 is 4.90 Å². The van der Waals surface area contributed by atoms with E-state index in [2.05, 4.69) is 49.1 Å². The van der Waals surface area contributed by atoms with Gasteiger partial charge in [0.15, 0.2) is 0 Å². The average molecular weight is 230 g/mol. The van der Waals surface area contributed by atoms with Crippen molar-refractivity contribution in [3.05, 3.63) is 29.8 Å². The Morgan fingerprint density at radius 2 is 1.65 bits per heavy atom. The monoisotopic (exact) mass is 230 g/mol. The number of hydrogen-bond donors (Lipinski definition) is 0. The smallest absolute Gasteiger partial charge is 0.0693 e. The molecule has 0 heterocycles. The Morgan fingerprint density at radius 1 is 1.12 bits per heavy atom. The van der Waals surface area contributed by atoms with Gasteiger partial charge in [-0.25, -0.2) is 0 Å². The summed E-state index contributed by atoms with van der Waals surface area (Å²) in [5, 5.41) is 9.32. The lowest BCUT2D eigenvalue weighted by Crippen LogP contribution is -2.19. The first-order chi connectivity index (χ1) is 8.06. The molecular weight excluding hydrogens is 208 g/mol. The van der Waals surface area contributed by atoms with E-state index in [0.717, 1.165) is 19.3 Å². The Balaban J connectivity index is 2.85. The third kappa shape index (κ3) is 3.23. The van der Waals surface area contributed by atoms with Crippen LogP contribution in [0.25, 0.3) is 0 Å². The minimum Gasteiger partial charge on any atom is -0.378 e. The van der Waals surface area contributed by atoms with Gasteiger partial charge in [-0.1, -0.05) is 26.0 Å². The molecule has 1 rings (SSSR count). The first-order valence-electron chi connectivity index (χ1n) is 6.24. The van der Waals surface area contributed by atoms with E-state index in [9.17, 15) is 5.26 Å². The van der Waals surface area contributed by atoms with Gasteiger partial charge in [-0.2, -0.15) is 5.26 Å². The van der Waals surface area contributed by atoms with Gasteiger partial charge in [0, 0.05) is 19.8 Å². The first-order valence-corrected chi connectivity index (χ1v) is 6.24. The molecule has 0 radical (unpaired) electrons. The molecule has 0 saturated heterocycles. The maximum atomic E-state index is 9.32. The van der Waals surface area contributed by atoms with Gasteiger partial charge in [-0.3, -0.25) is 0 Å². The molecule has 0 fully saturated rings. The minimum atomic E-state index is -0.195. The van der Waals surface area contributed by atoms with E-state index in [1.165, 1.54) is 11.3 Å². The van der Waals surface area contributed by atoms with E-state index >= 15 is 0 Å². The minimum absolute atomic E-state index is 0.195. The van der Waals surface area contributed by atoms with Crippen molar-refractivity contribution in [2.24, 2.45) is 5.41 Å². The third-order valence-corrected chi connectivity index (χ3v) is 3.59. The molecule has 1 aromatic carbocycles. The molecule has 1 aromatic rings. The number of benzene rings is 1. The van der Waals surface area contributed by atoms with E-state index in [1.807, 2.05) is 14.1 Å². The zero-order valence-corrected chi connectivity index (χ0v) is 11.3. The third-order valence-electron chi connectivity index (χ3n) is 3.59. The molecule has 92 valence electrons. The summed E-state index contributed by atoms with van der Waals surface area (Å²) in [5.41, 5.74) is 2.25. The fourth-order valence-corrected chi connectivity index (χ4v) is 2.00. The molecule has 0 aliphatic carbocycles. The standard InChI is InChI=1S/C15H22N2/c1-5-15(6-2,12-16)11-13-7-9-14(10-8-13)17(3)4/h7-10H,5-6,11H2,1-4H3. The number of nitriles is 1. The topological polar surface area (TPSA) is 27.0 Å². The Bertz CT molecular complexity index is 380. The van der Waals surface area contributed by atoms with Gasteiger partial charge in [0.2, 0.25) is 0 Å². The van der Waals surface area contributed by atoms with Crippen molar-refractivity contribution < 1.29 is 0 Å². The Morgan fingerprint density at radius 3 is 2.00 bits per heavy atom. The van der Waals surface area contributed by atoms with E-state index in [-0.39, 0.29) is 5.41 Å². The molecule has 0 saturated carbocycles. The summed E-state index contributed by atoms with van der Waals surface area (Å²) in [4.78, 5) is 2.08. The molecule has 0 atom stereocenters. The van der Waals surface area contributed by atoms with Crippen molar-refractivity contribution in [1.82, 2.24) is 0 Å². The highest BCUT2D eigenvalue weighted by atomic mass is 15.1. The van der Waals surface area contributed by atoms with Crippen molar-refractivity contribution in [2.45, 2.75) is 33.1 Å². The maximum Gasteiger partial charge on any atom is 0.0693 e. The van der Waals surface area contributed by atoms with Crippen LogP contribution in [-0.4, -0.2) is 14.1 Å². The van der Waals surface area contributed by atoms with Crippen LogP contribution in [0.5, 0.6) is 0 Å². The van der Waals surface area contributed by atoms with Gasteiger partial charge in [0.25, 0.3) is 0 Å². The number of hydrogen-bond acceptors (Lipinski definition) is 2. The van der Waals surface area contributed by atoms with Crippen LogP contribution in [0.3, 0.4) is 0 Å². The molecule has 2 nitrogen and oxygen atoms in total. The zero-order valence-electron chi connectivity index (χ0n) is 11.3. The molecule has 0 unspecified atom stereocenters. The average Bonchev–Trinajstić information content (AvgIpc) is 2.37. The molecule has 0 aliphatic heterocycles. The van der Waals surface area contributed by atoms with Crippen LogP contribution in [0.15, 0.2) is 24.3 Å². The van der Waals surface area contributed by atoms with E-state index in [4.69, 9.17) is 0 Å². The van der Waals surface area contributed by atoms with Crippen LogP contribution in [0.2, 0.25) is 0 Å². The highest BCUT2D eigenvalue weighted by molar-refractivity contribution is 5.46. The number of rotatable bonds is 5. The van der Waals surface area contributed by atoms with Gasteiger partial charge < -0.3 is 4.90 Å². The van der Waals surface area contributed by atoms with Gasteiger partial charge >= 0.3 is 0 Å². The largest absolute Gasteiger partial charge is 0.378 e. The van der Waals surface area contributed by atoms with Crippen LogP contribution in [0.1, 0.15) is 32.3 Å². The summed E-state index contributed by atoms with van der Waals surface area (Å²) < 4.78 is 0. The van der Waals surface area contributed by atoms with Crippen LogP contribution in [0.4, 0.5) is 5.69 Å². The Kier molecular flexibility index (Phi) is 4.57. The van der Waals surface area contributed by atoms with Gasteiger partial charge in [0.1, 0.15) is 0 Å². The quantitative estimate of drug-likeness (QED) is 0.772. The number of anilines is 1. The normalized spacial score (nSPS) is 11.0. The molecule has 0 spiro atoms. The van der Waals surface area contributed by atoms with E-state index < -0.39 is 0 Å². The lowest BCUT2D eigenvalue weighted by atomic mass is 9.78. The Hall–Kier alpha value is -1.49. The molecular formula is C15H22N2. The second kappa shape index (κ2) is 5.72. The molecule has 0 aromatic heterocycles. The van der Waals surface area contributed by atoms with Gasteiger partial charge in [-0.05, 0) is 37.0 Å². The second-order valence-corrected chi connectivity index (χ2v) is 4.84.